The third-order valence-electron chi connectivity index (χ3n) is 3.90. The Balaban J connectivity index is 2.18. The molecule has 16 heavy (non-hydrogen) atoms. The normalized spacial score (nSPS) is 22.6. The monoisotopic (exact) mass is 223 g/mol. The highest BCUT2D eigenvalue weighted by Gasteiger charge is 2.39. The molecule has 2 rings (SSSR count). The molecule has 3 N–H and O–H groups in total. The number of hydrogen-bond donors (Lipinski definition) is 2. The number of furan rings is 1. The van der Waals surface area contributed by atoms with E-state index >= 15 is 0 Å². The Bertz CT molecular complexity index is 300. The van der Waals surface area contributed by atoms with E-state index in [1.54, 1.807) is 6.26 Å². The van der Waals surface area contributed by atoms with E-state index in [0.717, 1.165) is 25.7 Å². The third kappa shape index (κ3) is 2.15. The van der Waals surface area contributed by atoms with Gasteiger partial charge in [-0.1, -0.05) is 25.7 Å². The van der Waals surface area contributed by atoms with Gasteiger partial charge in [-0.15, -0.1) is 0 Å². The second-order valence-corrected chi connectivity index (χ2v) is 4.90. The fourth-order valence-electron chi connectivity index (χ4n) is 2.77. The zero-order valence-corrected chi connectivity index (χ0v) is 9.69. The Morgan fingerprint density at radius 3 is 2.50 bits per heavy atom. The van der Waals surface area contributed by atoms with Gasteiger partial charge in [0.1, 0.15) is 11.9 Å². The van der Waals surface area contributed by atoms with E-state index in [1.165, 1.54) is 12.8 Å². The SMILES string of the molecule is NCC1(C(O)c2ccco2)CCCCCC1. The van der Waals surface area contributed by atoms with Crippen molar-refractivity contribution in [2.24, 2.45) is 11.1 Å². The van der Waals surface area contributed by atoms with Gasteiger partial charge in [-0.05, 0) is 25.0 Å². The lowest BCUT2D eigenvalue weighted by atomic mass is 9.74. The van der Waals surface area contributed by atoms with E-state index in [2.05, 4.69) is 0 Å². The van der Waals surface area contributed by atoms with Crippen molar-refractivity contribution in [3.8, 4) is 0 Å². The Hall–Kier alpha value is -0.800. The first-order valence-electron chi connectivity index (χ1n) is 6.20. The fraction of sp³-hybridized carbons (Fsp3) is 0.692. The summed E-state index contributed by atoms with van der Waals surface area (Å²) in [5.74, 6) is 0.660. The minimum Gasteiger partial charge on any atom is -0.467 e. The Morgan fingerprint density at radius 1 is 1.31 bits per heavy atom. The number of aliphatic hydroxyl groups excluding tert-OH is 1. The molecule has 0 aliphatic heterocycles. The molecule has 0 saturated heterocycles. The zero-order valence-electron chi connectivity index (χ0n) is 9.69. The molecule has 0 aromatic carbocycles. The van der Waals surface area contributed by atoms with Crippen LogP contribution in [0.3, 0.4) is 0 Å². The topological polar surface area (TPSA) is 59.4 Å². The van der Waals surface area contributed by atoms with Gasteiger partial charge in [0.25, 0.3) is 0 Å². The third-order valence-corrected chi connectivity index (χ3v) is 3.90. The maximum atomic E-state index is 10.4. The highest BCUT2D eigenvalue weighted by Crippen LogP contribution is 2.44. The number of nitrogens with two attached hydrogens (primary N) is 1. The first-order valence-corrected chi connectivity index (χ1v) is 6.20. The molecule has 0 bridgehead atoms. The summed E-state index contributed by atoms with van der Waals surface area (Å²) in [5.41, 5.74) is 5.74. The van der Waals surface area contributed by atoms with Crippen LogP contribution < -0.4 is 5.73 Å². The van der Waals surface area contributed by atoms with Gasteiger partial charge in [0.2, 0.25) is 0 Å². The predicted octanol–water partition coefficient (Wildman–Crippen LogP) is 2.61. The van der Waals surface area contributed by atoms with Crippen LogP contribution in [0.1, 0.15) is 50.4 Å². The average molecular weight is 223 g/mol. The summed E-state index contributed by atoms with van der Waals surface area (Å²) in [6.07, 6.45) is 7.91. The smallest absolute Gasteiger partial charge is 0.132 e. The summed E-state index contributed by atoms with van der Waals surface area (Å²) in [6, 6.07) is 3.66. The lowest BCUT2D eigenvalue weighted by Crippen LogP contribution is -2.36. The van der Waals surface area contributed by atoms with Crippen LogP contribution >= 0.6 is 0 Å². The molecule has 1 fully saturated rings. The van der Waals surface area contributed by atoms with Crippen molar-refractivity contribution >= 4 is 0 Å². The molecule has 0 radical (unpaired) electrons. The van der Waals surface area contributed by atoms with E-state index in [4.69, 9.17) is 10.2 Å². The molecule has 1 unspecified atom stereocenters. The number of hydrogen-bond acceptors (Lipinski definition) is 3. The van der Waals surface area contributed by atoms with Gasteiger partial charge in [-0.25, -0.2) is 0 Å². The molecule has 1 saturated carbocycles. The van der Waals surface area contributed by atoms with Crippen LogP contribution in [0.15, 0.2) is 22.8 Å². The Kier molecular flexibility index (Phi) is 3.66. The molecule has 1 aliphatic rings. The Labute approximate surface area is 96.6 Å². The van der Waals surface area contributed by atoms with Crippen LogP contribution in [0.5, 0.6) is 0 Å². The summed E-state index contributed by atoms with van der Waals surface area (Å²) < 4.78 is 5.31. The number of aliphatic hydroxyl groups is 1. The standard InChI is InChI=1S/C13H21NO2/c14-10-13(7-3-1-2-4-8-13)12(15)11-6-5-9-16-11/h5-6,9,12,15H,1-4,7-8,10,14H2. The highest BCUT2D eigenvalue weighted by molar-refractivity contribution is 5.07. The first-order chi connectivity index (χ1) is 7.78. The van der Waals surface area contributed by atoms with Crippen molar-refractivity contribution in [1.82, 2.24) is 0 Å². The summed E-state index contributed by atoms with van der Waals surface area (Å²) in [7, 11) is 0. The summed E-state index contributed by atoms with van der Waals surface area (Å²) >= 11 is 0. The zero-order chi connectivity index (χ0) is 11.4. The van der Waals surface area contributed by atoms with E-state index < -0.39 is 6.10 Å². The van der Waals surface area contributed by atoms with Gasteiger partial charge in [0.05, 0.1) is 6.26 Å². The molecule has 1 aliphatic carbocycles. The Morgan fingerprint density at radius 2 is 2.00 bits per heavy atom. The van der Waals surface area contributed by atoms with Gasteiger partial charge in [0, 0.05) is 12.0 Å². The predicted molar refractivity (Wildman–Crippen MR) is 62.9 cm³/mol. The van der Waals surface area contributed by atoms with E-state index in [1.807, 2.05) is 12.1 Å². The molecule has 3 nitrogen and oxygen atoms in total. The van der Waals surface area contributed by atoms with Crippen LogP contribution in [-0.4, -0.2) is 11.7 Å². The van der Waals surface area contributed by atoms with E-state index in [-0.39, 0.29) is 5.41 Å². The second kappa shape index (κ2) is 5.02. The molecular formula is C13H21NO2. The van der Waals surface area contributed by atoms with Gasteiger partial charge in [-0.2, -0.15) is 0 Å². The maximum absolute atomic E-state index is 10.4. The molecule has 3 heteroatoms. The van der Waals surface area contributed by atoms with Crippen molar-refractivity contribution in [2.45, 2.75) is 44.6 Å². The van der Waals surface area contributed by atoms with Crippen LogP contribution in [-0.2, 0) is 0 Å². The number of rotatable bonds is 3. The fourth-order valence-corrected chi connectivity index (χ4v) is 2.77. The molecule has 1 heterocycles. The molecule has 0 spiro atoms. The summed E-state index contributed by atoms with van der Waals surface area (Å²) in [6.45, 7) is 0.537. The van der Waals surface area contributed by atoms with Crippen molar-refractivity contribution in [2.75, 3.05) is 6.54 Å². The minimum absolute atomic E-state index is 0.172. The molecule has 90 valence electrons. The van der Waals surface area contributed by atoms with Crippen molar-refractivity contribution in [1.29, 1.82) is 0 Å². The van der Waals surface area contributed by atoms with Gasteiger partial charge in [-0.3, -0.25) is 0 Å². The largest absolute Gasteiger partial charge is 0.467 e. The molecule has 1 atom stereocenters. The quantitative estimate of drug-likeness (QED) is 0.774. The summed E-state index contributed by atoms with van der Waals surface area (Å²) in [4.78, 5) is 0. The lowest BCUT2D eigenvalue weighted by Gasteiger charge is -2.35. The first kappa shape index (κ1) is 11.7. The second-order valence-electron chi connectivity index (χ2n) is 4.90. The van der Waals surface area contributed by atoms with Crippen LogP contribution in [0.2, 0.25) is 0 Å². The van der Waals surface area contributed by atoms with Crippen LogP contribution in [0, 0.1) is 5.41 Å². The van der Waals surface area contributed by atoms with Gasteiger partial charge in [0.15, 0.2) is 0 Å². The maximum Gasteiger partial charge on any atom is 0.132 e. The highest BCUT2D eigenvalue weighted by atomic mass is 16.4. The van der Waals surface area contributed by atoms with Crippen LogP contribution in [0.25, 0.3) is 0 Å². The summed E-state index contributed by atoms with van der Waals surface area (Å²) in [5, 5.41) is 10.4. The van der Waals surface area contributed by atoms with Gasteiger partial charge >= 0.3 is 0 Å². The molecular weight excluding hydrogens is 202 g/mol. The minimum atomic E-state index is -0.550. The molecule has 0 amide bonds. The van der Waals surface area contributed by atoms with Crippen molar-refractivity contribution in [3.05, 3.63) is 24.2 Å². The average Bonchev–Trinajstić information content (AvgIpc) is 2.73. The van der Waals surface area contributed by atoms with Crippen molar-refractivity contribution in [3.63, 3.8) is 0 Å². The van der Waals surface area contributed by atoms with Gasteiger partial charge < -0.3 is 15.3 Å². The molecule has 1 aromatic rings. The molecule has 1 aromatic heterocycles. The van der Waals surface area contributed by atoms with E-state index in [9.17, 15) is 5.11 Å². The van der Waals surface area contributed by atoms with Crippen molar-refractivity contribution < 1.29 is 9.52 Å². The van der Waals surface area contributed by atoms with E-state index in [0.29, 0.717) is 12.3 Å². The lowest BCUT2D eigenvalue weighted by molar-refractivity contribution is 0.00132. The van der Waals surface area contributed by atoms with Crippen LogP contribution in [0.4, 0.5) is 0 Å².